The highest BCUT2D eigenvalue weighted by atomic mass is 32.2. The Morgan fingerprint density at radius 1 is 1.25 bits per heavy atom. The number of anilines is 1. The molecule has 5 nitrogen and oxygen atoms in total. The average Bonchev–Trinajstić information content (AvgIpc) is 3.16. The molecule has 4 heterocycles. The van der Waals surface area contributed by atoms with E-state index >= 15 is 0 Å². The zero-order valence-electron chi connectivity index (χ0n) is 13.5. The molecule has 0 aromatic carbocycles. The van der Waals surface area contributed by atoms with Crippen LogP contribution in [-0.2, 0) is 0 Å². The van der Waals surface area contributed by atoms with Crippen molar-refractivity contribution in [3.63, 3.8) is 0 Å². The molecule has 3 aromatic heterocycles. The van der Waals surface area contributed by atoms with Gasteiger partial charge in [0.05, 0.1) is 16.1 Å². The molecule has 0 unspecified atom stereocenters. The predicted molar refractivity (Wildman–Crippen MR) is 102 cm³/mol. The Balaban J connectivity index is 1.60. The van der Waals surface area contributed by atoms with Gasteiger partial charge in [-0.05, 0) is 31.2 Å². The van der Waals surface area contributed by atoms with Crippen molar-refractivity contribution in [2.75, 3.05) is 24.7 Å². The van der Waals surface area contributed by atoms with Gasteiger partial charge < -0.3 is 5.32 Å². The molecule has 0 radical (unpaired) electrons. The van der Waals surface area contributed by atoms with Crippen molar-refractivity contribution in [1.29, 1.82) is 0 Å². The Hall–Kier alpha value is -1.70. The van der Waals surface area contributed by atoms with Crippen LogP contribution < -0.4 is 5.32 Å². The van der Waals surface area contributed by atoms with Crippen LogP contribution in [0.2, 0.25) is 0 Å². The van der Waals surface area contributed by atoms with Crippen molar-refractivity contribution in [3.8, 4) is 10.6 Å². The second kappa shape index (κ2) is 7.04. The number of rotatable bonds is 4. The summed E-state index contributed by atoms with van der Waals surface area (Å²) in [5.41, 5.74) is 2.83. The van der Waals surface area contributed by atoms with Crippen LogP contribution in [0.25, 0.3) is 21.3 Å². The lowest BCUT2D eigenvalue weighted by Crippen LogP contribution is -2.35. The van der Waals surface area contributed by atoms with Crippen LogP contribution in [-0.4, -0.2) is 44.6 Å². The van der Waals surface area contributed by atoms with E-state index in [1.54, 1.807) is 11.3 Å². The van der Waals surface area contributed by atoms with Crippen molar-refractivity contribution in [1.82, 2.24) is 19.3 Å². The Morgan fingerprint density at radius 3 is 2.88 bits per heavy atom. The maximum Gasteiger partial charge on any atom is 0.126 e. The molecular formula is C17H19N5S2. The smallest absolute Gasteiger partial charge is 0.126 e. The third kappa shape index (κ3) is 3.24. The van der Waals surface area contributed by atoms with Gasteiger partial charge in [0.25, 0.3) is 0 Å². The van der Waals surface area contributed by atoms with Crippen LogP contribution in [0.5, 0.6) is 0 Å². The van der Waals surface area contributed by atoms with Crippen LogP contribution in [0.4, 0.5) is 5.82 Å². The van der Waals surface area contributed by atoms with Crippen LogP contribution in [0.3, 0.4) is 0 Å². The number of hydrogen-bond acceptors (Lipinski definition) is 7. The molecule has 3 aromatic rings. The molecule has 0 spiro atoms. The number of nitrogens with one attached hydrogen (secondary N) is 1. The number of nitrogens with zero attached hydrogens (tertiary/aromatic N) is 4. The molecule has 1 aliphatic rings. The first-order valence-electron chi connectivity index (χ1n) is 8.02. The Morgan fingerprint density at radius 2 is 2.12 bits per heavy atom. The second-order valence-electron chi connectivity index (χ2n) is 5.85. The Kier molecular flexibility index (Phi) is 4.64. The first-order valence-corrected chi connectivity index (χ1v) is 10.1. The summed E-state index contributed by atoms with van der Waals surface area (Å²) in [7, 11) is 0. The number of pyridine rings is 2. The zero-order chi connectivity index (χ0) is 16.4. The molecular weight excluding hydrogens is 338 g/mol. The van der Waals surface area contributed by atoms with E-state index in [1.807, 2.05) is 42.1 Å². The van der Waals surface area contributed by atoms with Crippen molar-refractivity contribution in [2.24, 2.45) is 0 Å². The number of thiazole rings is 1. The highest BCUT2D eigenvalue weighted by Crippen LogP contribution is 2.30. The third-order valence-corrected chi connectivity index (χ3v) is 6.04. The van der Waals surface area contributed by atoms with E-state index in [4.69, 9.17) is 0 Å². The van der Waals surface area contributed by atoms with Crippen molar-refractivity contribution in [3.05, 3.63) is 36.2 Å². The minimum Gasteiger partial charge on any atom is -0.367 e. The summed E-state index contributed by atoms with van der Waals surface area (Å²) in [5.74, 6) is 0.934. The SMILES string of the molecule is CSN1CCC(Nc2cc3c(-c4cncs4)nccc3cn2)CC1. The first-order chi connectivity index (χ1) is 11.8. The molecule has 0 saturated carbocycles. The first kappa shape index (κ1) is 15.8. The molecule has 0 atom stereocenters. The normalized spacial score (nSPS) is 16.5. The molecule has 1 fully saturated rings. The van der Waals surface area contributed by atoms with Gasteiger partial charge in [-0.25, -0.2) is 4.98 Å². The van der Waals surface area contributed by atoms with E-state index < -0.39 is 0 Å². The number of hydrogen-bond donors (Lipinski definition) is 1. The number of aromatic nitrogens is 3. The molecule has 4 rings (SSSR count). The lowest BCUT2D eigenvalue weighted by Gasteiger charge is -2.30. The minimum atomic E-state index is 0.488. The molecule has 1 N–H and O–H groups in total. The monoisotopic (exact) mass is 357 g/mol. The van der Waals surface area contributed by atoms with Gasteiger partial charge in [-0.15, -0.1) is 11.3 Å². The summed E-state index contributed by atoms with van der Waals surface area (Å²) in [6, 6.07) is 4.62. The van der Waals surface area contributed by atoms with Gasteiger partial charge in [0.1, 0.15) is 5.82 Å². The van der Waals surface area contributed by atoms with Gasteiger partial charge in [-0.3, -0.25) is 14.3 Å². The molecule has 24 heavy (non-hydrogen) atoms. The second-order valence-corrected chi connectivity index (χ2v) is 7.61. The molecule has 7 heteroatoms. The minimum absolute atomic E-state index is 0.488. The molecule has 0 amide bonds. The lowest BCUT2D eigenvalue weighted by molar-refractivity contribution is 0.359. The highest BCUT2D eigenvalue weighted by molar-refractivity contribution is 7.96. The van der Waals surface area contributed by atoms with Crippen LogP contribution >= 0.6 is 23.3 Å². The Labute approximate surface area is 149 Å². The zero-order valence-corrected chi connectivity index (χ0v) is 15.1. The quantitative estimate of drug-likeness (QED) is 0.715. The number of fused-ring (bicyclic) bond motifs is 1. The van der Waals surface area contributed by atoms with Crippen molar-refractivity contribution >= 4 is 39.9 Å². The third-order valence-electron chi connectivity index (χ3n) is 4.38. The van der Waals surface area contributed by atoms with E-state index in [0.29, 0.717) is 6.04 Å². The van der Waals surface area contributed by atoms with Gasteiger partial charge >= 0.3 is 0 Å². The van der Waals surface area contributed by atoms with Crippen LogP contribution in [0.1, 0.15) is 12.8 Å². The highest BCUT2D eigenvalue weighted by Gasteiger charge is 2.19. The van der Waals surface area contributed by atoms with E-state index in [-0.39, 0.29) is 0 Å². The fourth-order valence-electron chi connectivity index (χ4n) is 3.07. The summed E-state index contributed by atoms with van der Waals surface area (Å²) in [4.78, 5) is 14.4. The van der Waals surface area contributed by atoms with Crippen LogP contribution in [0, 0.1) is 0 Å². The van der Waals surface area contributed by atoms with Gasteiger partial charge in [-0.2, -0.15) is 0 Å². The van der Waals surface area contributed by atoms with Crippen molar-refractivity contribution < 1.29 is 0 Å². The van der Waals surface area contributed by atoms with E-state index in [9.17, 15) is 0 Å². The summed E-state index contributed by atoms with van der Waals surface area (Å²) in [6.45, 7) is 2.25. The topological polar surface area (TPSA) is 53.9 Å². The standard InChI is InChI=1S/C17H19N5S2/c1-23-22-6-3-13(4-7-22)21-16-8-14-12(9-20-16)2-5-19-17(14)15-10-18-11-24-15/h2,5,8-11,13H,3-4,6-7H2,1H3,(H,20,21). The molecule has 0 bridgehead atoms. The van der Waals surface area contributed by atoms with E-state index in [2.05, 4.69) is 36.9 Å². The molecule has 1 aliphatic heterocycles. The maximum absolute atomic E-state index is 4.59. The fraction of sp³-hybridized carbons (Fsp3) is 0.353. The van der Waals surface area contributed by atoms with E-state index in [0.717, 1.165) is 53.1 Å². The summed E-state index contributed by atoms with van der Waals surface area (Å²) >= 11 is 3.45. The summed E-state index contributed by atoms with van der Waals surface area (Å²) < 4.78 is 2.41. The van der Waals surface area contributed by atoms with Gasteiger partial charge in [0.2, 0.25) is 0 Å². The molecule has 0 aliphatic carbocycles. The Bertz CT molecular complexity index is 813. The summed E-state index contributed by atoms with van der Waals surface area (Å²) in [5, 5.41) is 5.84. The van der Waals surface area contributed by atoms with Gasteiger partial charge in [0.15, 0.2) is 0 Å². The summed E-state index contributed by atoms with van der Waals surface area (Å²) in [6.07, 6.45) is 10.1. The predicted octanol–water partition coefficient (Wildman–Crippen LogP) is 3.91. The fourth-order valence-corrected chi connectivity index (χ4v) is 4.27. The van der Waals surface area contributed by atoms with E-state index in [1.165, 1.54) is 0 Å². The van der Waals surface area contributed by atoms with Gasteiger partial charge in [-0.1, -0.05) is 11.9 Å². The largest absolute Gasteiger partial charge is 0.367 e. The maximum atomic E-state index is 4.59. The van der Waals surface area contributed by atoms with Crippen LogP contribution in [0.15, 0.2) is 36.2 Å². The van der Waals surface area contributed by atoms with Gasteiger partial charge in [0, 0.05) is 48.5 Å². The number of piperidine rings is 1. The molecule has 124 valence electrons. The van der Waals surface area contributed by atoms with Crippen molar-refractivity contribution in [2.45, 2.75) is 18.9 Å². The average molecular weight is 358 g/mol. The molecule has 1 saturated heterocycles. The lowest BCUT2D eigenvalue weighted by atomic mass is 10.1.